The molecule has 2 aliphatic carbocycles. The Labute approximate surface area is 133 Å². The van der Waals surface area contributed by atoms with Gasteiger partial charge in [-0.25, -0.2) is 0 Å². The van der Waals surface area contributed by atoms with Crippen LogP contribution in [-0.4, -0.2) is 0 Å². The summed E-state index contributed by atoms with van der Waals surface area (Å²) in [6.07, 6.45) is 7.73. The molecule has 0 saturated carbocycles. The van der Waals surface area contributed by atoms with Crippen LogP contribution in [0.3, 0.4) is 0 Å². The number of fused-ring (bicyclic) bond motifs is 3. The molecule has 19 heavy (non-hydrogen) atoms. The Balaban J connectivity index is 0.00000110. The largest absolute Gasteiger partial charge is 0.179 e. The first kappa shape index (κ1) is 12.8. The average molecular weight is 321 g/mol. The van der Waals surface area contributed by atoms with E-state index in [2.05, 4.69) is 60.7 Å². The van der Waals surface area contributed by atoms with Crippen LogP contribution in [-0.2, 0) is 26.2 Å². The zero-order valence-corrected chi connectivity index (χ0v) is 13.0. The van der Waals surface area contributed by atoms with Crippen molar-refractivity contribution in [3.63, 3.8) is 0 Å². The molecule has 0 amide bonds. The third-order valence-electron chi connectivity index (χ3n) is 3.91. The van der Waals surface area contributed by atoms with Crippen molar-refractivity contribution in [1.29, 1.82) is 0 Å². The number of hydrogen-bond acceptors (Lipinski definition) is 0. The Hall–Kier alpha value is -1.20. The zero-order chi connectivity index (χ0) is 11.9. The summed E-state index contributed by atoms with van der Waals surface area (Å²) in [5.74, 6) is 0.410. The van der Waals surface area contributed by atoms with Crippen LogP contribution in [0, 0.1) is 6.07 Å². The summed E-state index contributed by atoms with van der Waals surface area (Å²) in [6.45, 7) is 0. The maximum absolute atomic E-state index is 3.45. The van der Waals surface area contributed by atoms with E-state index in [-0.39, 0.29) is 26.2 Å². The molecule has 0 heterocycles. The molecule has 90 valence electrons. The summed E-state index contributed by atoms with van der Waals surface area (Å²) < 4.78 is 0. The van der Waals surface area contributed by atoms with E-state index in [1.807, 2.05) is 6.07 Å². The third-order valence-corrected chi connectivity index (χ3v) is 3.91. The van der Waals surface area contributed by atoms with E-state index in [0.29, 0.717) is 5.92 Å². The molecule has 1 atom stereocenters. The van der Waals surface area contributed by atoms with Crippen molar-refractivity contribution in [2.75, 3.05) is 0 Å². The van der Waals surface area contributed by atoms with Gasteiger partial charge >= 0.3 is 0 Å². The van der Waals surface area contributed by atoms with E-state index in [1.165, 1.54) is 27.8 Å². The molecule has 0 aromatic heterocycles. The van der Waals surface area contributed by atoms with Gasteiger partial charge in [0, 0.05) is 32.1 Å². The van der Waals surface area contributed by atoms with Gasteiger partial charge in [-0.1, -0.05) is 53.6 Å². The molecule has 0 bridgehead atoms. The molecule has 0 radical (unpaired) electrons. The van der Waals surface area contributed by atoms with Crippen LogP contribution >= 0.6 is 0 Å². The summed E-state index contributed by atoms with van der Waals surface area (Å²) in [5, 5.41) is 0. The fraction of sp³-hybridized carbons (Fsp3) is 0.111. The molecular formula is C18H13Zr-. The minimum atomic E-state index is 0. The summed E-state index contributed by atoms with van der Waals surface area (Å²) in [4.78, 5) is 0. The number of allylic oxidation sites excluding steroid dienone is 4. The van der Waals surface area contributed by atoms with Crippen LogP contribution in [0.5, 0.6) is 0 Å². The van der Waals surface area contributed by atoms with Crippen molar-refractivity contribution < 1.29 is 26.2 Å². The Morgan fingerprint density at radius 1 is 1.00 bits per heavy atom. The molecule has 0 aliphatic heterocycles. The normalized spacial score (nSPS) is 18.5. The van der Waals surface area contributed by atoms with Gasteiger partial charge in [0.15, 0.2) is 0 Å². The molecule has 2 aliphatic rings. The van der Waals surface area contributed by atoms with Gasteiger partial charge in [0.05, 0.1) is 0 Å². The zero-order valence-electron chi connectivity index (χ0n) is 10.6. The summed E-state index contributed by atoms with van der Waals surface area (Å²) in [6, 6.07) is 18.5. The second kappa shape index (κ2) is 5.06. The van der Waals surface area contributed by atoms with Gasteiger partial charge in [0.2, 0.25) is 0 Å². The minimum Gasteiger partial charge on any atom is -0.179 e. The van der Waals surface area contributed by atoms with E-state index in [0.717, 1.165) is 6.42 Å². The van der Waals surface area contributed by atoms with Crippen LogP contribution in [0.25, 0.3) is 11.1 Å². The first-order chi connectivity index (χ1) is 8.95. The van der Waals surface area contributed by atoms with Gasteiger partial charge in [0.1, 0.15) is 0 Å². The second-order valence-corrected chi connectivity index (χ2v) is 4.89. The van der Waals surface area contributed by atoms with E-state index < -0.39 is 0 Å². The number of hydrogen-bond donors (Lipinski definition) is 0. The monoisotopic (exact) mass is 319 g/mol. The Bertz CT molecular complexity index is 634. The Kier molecular flexibility index (Phi) is 3.41. The van der Waals surface area contributed by atoms with Gasteiger partial charge in [-0.15, -0.1) is 11.1 Å². The van der Waals surface area contributed by atoms with Crippen molar-refractivity contribution in [2.24, 2.45) is 0 Å². The molecule has 0 spiro atoms. The van der Waals surface area contributed by atoms with Gasteiger partial charge in [-0.2, -0.15) is 24.3 Å². The summed E-state index contributed by atoms with van der Waals surface area (Å²) in [7, 11) is 0. The Morgan fingerprint density at radius 2 is 1.84 bits per heavy atom. The second-order valence-electron chi connectivity index (χ2n) is 4.89. The first-order valence-corrected chi connectivity index (χ1v) is 6.40. The van der Waals surface area contributed by atoms with Crippen molar-refractivity contribution in [2.45, 2.75) is 12.3 Å². The predicted molar refractivity (Wildman–Crippen MR) is 74.4 cm³/mol. The van der Waals surface area contributed by atoms with Crippen LogP contribution in [0.1, 0.15) is 23.5 Å². The van der Waals surface area contributed by atoms with Crippen LogP contribution in [0.4, 0.5) is 0 Å². The molecule has 4 rings (SSSR count). The maximum Gasteiger partial charge on any atom is 0.00806 e. The van der Waals surface area contributed by atoms with Crippen LogP contribution < -0.4 is 0 Å². The van der Waals surface area contributed by atoms with Crippen molar-refractivity contribution in [3.8, 4) is 11.1 Å². The van der Waals surface area contributed by atoms with Gasteiger partial charge < -0.3 is 0 Å². The van der Waals surface area contributed by atoms with E-state index >= 15 is 0 Å². The van der Waals surface area contributed by atoms with Gasteiger partial charge in [-0.05, 0) is 12.0 Å². The number of benzene rings is 2. The smallest absolute Gasteiger partial charge is 0.00806 e. The summed E-state index contributed by atoms with van der Waals surface area (Å²) >= 11 is 0. The van der Waals surface area contributed by atoms with Crippen LogP contribution in [0.2, 0.25) is 0 Å². The predicted octanol–water partition coefficient (Wildman–Crippen LogP) is 4.48. The number of rotatable bonds is 1. The molecule has 0 saturated heterocycles. The van der Waals surface area contributed by atoms with E-state index in [1.54, 1.807) is 0 Å². The average Bonchev–Trinajstić information content (AvgIpc) is 3.03. The standard InChI is InChI=1S/C18H13.Zr/c1-2-8-13(7-1)18-16-11-5-3-9-14(16)15-10-4-6-12-17(15)18;/h1-7,9-11,18H,8H2;/q-1;. The Morgan fingerprint density at radius 3 is 2.68 bits per heavy atom. The van der Waals surface area contributed by atoms with Crippen molar-refractivity contribution >= 4 is 0 Å². The first-order valence-electron chi connectivity index (χ1n) is 6.40. The molecule has 1 unspecified atom stereocenters. The van der Waals surface area contributed by atoms with Crippen LogP contribution in [0.15, 0.2) is 66.3 Å². The fourth-order valence-corrected chi connectivity index (χ4v) is 3.14. The molecule has 0 fully saturated rings. The van der Waals surface area contributed by atoms with Crippen molar-refractivity contribution in [1.82, 2.24) is 0 Å². The minimum absolute atomic E-state index is 0. The summed E-state index contributed by atoms with van der Waals surface area (Å²) in [5.41, 5.74) is 7.00. The van der Waals surface area contributed by atoms with E-state index in [9.17, 15) is 0 Å². The molecule has 2 aromatic rings. The van der Waals surface area contributed by atoms with Gasteiger partial charge in [0.25, 0.3) is 0 Å². The topological polar surface area (TPSA) is 0 Å². The molecule has 0 N–H and O–H groups in total. The third kappa shape index (κ3) is 1.92. The van der Waals surface area contributed by atoms with Crippen molar-refractivity contribution in [3.05, 3.63) is 83.5 Å². The van der Waals surface area contributed by atoms with Gasteiger partial charge in [-0.3, -0.25) is 0 Å². The molecular weight excluding hydrogens is 307 g/mol. The molecule has 1 heteroatoms. The van der Waals surface area contributed by atoms with E-state index in [4.69, 9.17) is 0 Å². The fourth-order valence-electron chi connectivity index (χ4n) is 3.14. The quantitative estimate of drug-likeness (QED) is 0.680. The molecule has 2 aromatic carbocycles. The SMILES string of the molecule is [Zr].[c-]1cccc2c1C(C1=CC=CC1)c1ccccc1-2. The molecule has 0 nitrogen and oxygen atoms in total. The maximum atomic E-state index is 3.45.